The van der Waals surface area contributed by atoms with Gasteiger partial charge < -0.3 is 9.30 Å². The second kappa shape index (κ2) is 4.92. The highest BCUT2D eigenvalue weighted by molar-refractivity contribution is 9.10. The van der Waals surface area contributed by atoms with E-state index in [0.29, 0.717) is 6.61 Å². The molecule has 4 heteroatoms. The molecule has 0 radical (unpaired) electrons. The molecule has 0 saturated heterocycles. The Kier molecular flexibility index (Phi) is 3.52. The standard InChI is InChI=1S/C13H14BrNO2/c1-3-17-13(16)9(2)15-7-6-10-8-11(14)4-5-12(10)15/h4-9H,3H2,1-2H3. The molecule has 1 unspecified atom stereocenters. The Labute approximate surface area is 108 Å². The SMILES string of the molecule is CCOC(=O)C(C)n1ccc2cc(Br)ccc21. The summed E-state index contributed by atoms with van der Waals surface area (Å²) in [5.41, 5.74) is 1.04. The van der Waals surface area contributed by atoms with Gasteiger partial charge in [-0.15, -0.1) is 0 Å². The first-order valence-electron chi connectivity index (χ1n) is 5.56. The number of hydrogen-bond acceptors (Lipinski definition) is 2. The number of esters is 1. The van der Waals surface area contributed by atoms with Crippen LogP contribution in [0.15, 0.2) is 34.9 Å². The van der Waals surface area contributed by atoms with Crippen molar-refractivity contribution < 1.29 is 9.53 Å². The van der Waals surface area contributed by atoms with E-state index in [1.54, 1.807) is 0 Å². The fourth-order valence-corrected chi connectivity index (χ4v) is 2.23. The molecule has 1 atom stereocenters. The number of rotatable bonds is 3. The summed E-state index contributed by atoms with van der Waals surface area (Å²) in [6.45, 7) is 4.07. The largest absolute Gasteiger partial charge is 0.464 e. The van der Waals surface area contributed by atoms with Gasteiger partial charge in [0.2, 0.25) is 0 Å². The van der Waals surface area contributed by atoms with Crippen molar-refractivity contribution in [1.82, 2.24) is 4.57 Å². The lowest BCUT2D eigenvalue weighted by Crippen LogP contribution is -2.18. The summed E-state index contributed by atoms with van der Waals surface area (Å²) >= 11 is 3.43. The van der Waals surface area contributed by atoms with E-state index in [0.717, 1.165) is 15.4 Å². The van der Waals surface area contributed by atoms with Crippen LogP contribution >= 0.6 is 15.9 Å². The van der Waals surface area contributed by atoms with Crippen molar-refractivity contribution in [3.63, 3.8) is 0 Å². The Morgan fingerprint density at radius 2 is 2.24 bits per heavy atom. The number of carbonyl (C=O) groups excluding carboxylic acids is 1. The van der Waals surface area contributed by atoms with Gasteiger partial charge in [0, 0.05) is 21.6 Å². The zero-order valence-corrected chi connectivity index (χ0v) is 11.4. The molecular formula is C13H14BrNO2. The summed E-state index contributed by atoms with van der Waals surface area (Å²) in [5, 5.41) is 1.11. The highest BCUT2D eigenvalue weighted by Gasteiger charge is 2.17. The van der Waals surface area contributed by atoms with E-state index in [1.165, 1.54) is 0 Å². The Balaban J connectivity index is 2.39. The van der Waals surface area contributed by atoms with E-state index in [2.05, 4.69) is 15.9 Å². The second-order valence-electron chi connectivity index (χ2n) is 3.85. The summed E-state index contributed by atoms with van der Waals surface area (Å²) in [5.74, 6) is -0.201. The fourth-order valence-electron chi connectivity index (χ4n) is 1.85. The average Bonchev–Trinajstić information content (AvgIpc) is 2.71. The molecule has 0 aliphatic heterocycles. The van der Waals surface area contributed by atoms with E-state index in [-0.39, 0.29) is 12.0 Å². The molecule has 1 aromatic carbocycles. The number of hydrogen-bond donors (Lipinski definition) is 0. The fraction of sp³-hybridized carbons (Fsp3) is 0.308. The number of nitrogens with zero attached hydrogens (tertiary/aromatic N) is 1. The van der Waals surface area contributed by atoms with Gasteiger partial charge in [0.25, 0.3) is 0 Å². The maximum Gasteiger partial charge on any atom is 0.328 e. The number of aromatic nitrogens is 1. The first-order chi connectivity index (χ1) is 8.13. The van der Waals surface area contributed by atoms with Gasteiger partial charge >= 0.3 is 5.97 Å². The van der Waals surface area contributed by atoms with Crippen molar-refractivity contribution in [3.05, 3.63) is 34.9 Å². The summed E-state index contributed by atoms with van der Waals surface area (Å²) in [6, 6.07) is 7.69. The monoisotopic (exact) mass is 295 g/mol. The van der Waals surface area contributed by atoms with Gasteiger partial charge in [-0.2, -0.15) is 0 Å². The number of fused-ring (bicyclic) bond motifs is 1. The Morgan fingerprint density at radius 1 is 1.47 bits per heavy atom. The van der Waals surface area contributed by atoms with Gasteiger partial charge in [0.15, 0.2) is 0 Å². The lowest BCUT2D eigenvalue weighted by molar-refractivity contribution is -0.146. The third-order valence-electron chi connectivity index (χ3n) is 2.73. The van der Waals surface area contributed by atoms with Crippen LogP contribution < -0.4 is 0 Å². The van der Waals surface area contributed by atoms with Crippen molar-refractivity contribution in [2.75, 3.05) is 6.61 Å². The van der Waals surface area contributed by atoms with E-state index < -0.39 is 0 Å². The molecule has 0 bridgehead atoms. The van der Waals surface area contributed by atoms with Gasteiger partial charge in [-0.3, -0.25) is 0 Å². The molecule has 0 N–H and O–H groups in total. The van der Waals surface area contributed by atoms with Crippen molar-refractivity contribution in [3.8, 4) is 0 Å². The maximum absolute atomic E-state index is 11.7. The smallest absolute Gasteiger partial charge is 0.328 e. The Hall–Kier alpha value is -1.29. The summed E-state index contributed by atoms with van der Waals surface area (Å²) in [4.78, 5) is 11.7. The molecule has 17 heavy (non-hydrogen) atoms. The van der Waals surface area contributed by atoms with E-state index in [4.69, 9.17) is 4.74 Å². The molecule has 0 fully saturated rings. The molecule has 3 nitrogen and oxygen atoms in total. The van der Waals surface area contributed by atoms with Crippen LogP contribution in [0.25, 0.3) is 10.9 Å². The number of benzene rings is 1. The number of halogens is 1. The number of carbonyl (C=O) groups is 1. The van der Waals surface area contributed by atoms with Crippen molar-refractivity contribution in [2.24, 2.45) is 0 Å². The van der Waals surface area contributed by atoms with Crippen LogP contribution in [0, 0.1) is 0 Å². The van der Waals surface area contributed by atoms with Crippen LogP contribution in [-0.4, -0.2) is 17.1 Å². The quantitative estimate of drug-likeness (QED) is 0.811. The van der Waals surface area contributed by atoms with E-state index in [9.17, 15) is 4.79 Å². The molecule has 2 aromatic rings. The van der Waals surface area contributed by atoms with Crippen molar-refractivity contribution in [2.45, 2.75) is 19.9 Å². The van der Waals surface area contributed by atoms with Crippen LogP contribution in [0.4, 0.5) is 0 Å². The molecule has 1 heterocycles. The molecule has 90 valence electrons. The Bertz CT molecular complexity index is 547. The molecule has 0 saturated carbocycles. The van der Waals surface area contributed by atoms with Crippen molar-refractivity contribution >= 4 is 32.8 Å². The average molecular weight is 296 g/mol. The van der Waals surface area contributed by atoms with Crippen LogP contribution in [0.3, 0.4) is 0 Å². The predicted molar refractivity (Wildman–Crippen MR) is 71.0 cm³/mol. The lowest BCUT2D eigenvalue weighted by atomic mass is 10.2. The maximum atomic E-state index is 11.7. The Morgan fingerprint density at radius 3 is 2.94 bits per heavy atom. The van der Waals surface area contributed by atoms with Crippen molar-refractivity contribution in [1.29, 1.82) is 0 Å². The topological polar surface area (TPSA) is 31.2 Å². The minimum Gasteiger partial charge on any atom is -0.464 e. The molecule has 0 aliphatic carbocycles. The molecular weight excluding hydrogens is 282 g/mol. The van der Waals surface area contributed by atoms with Gasteiger partial charge in [-0.1, -0.05) is 15.9 Å². The molecule has 0 amide bonds. The first-order valence-corrected chi connectivity index (χ1v) is 6.35. The summed E-state index contributed by atoms with van der Waals surface area (Å²) in [6.07, 6.45) is 1.92. The van der Waals surface area contributed by atoms with Crippen LogP contribution in [0.5, 0.6) is 0 Å². The van der Waals surface area contributed by atoms with Gasteiger partial charge in [0.05, 0.1) is 6.61 Å². The summed E-state index contributed by atoms with van der Waals surface area (Å²) in [7, 11) is 0. The van der Waals surface area contributed by atoms with Crippen LogP contribution in [0.1, 0.15) is 19.9 Å². The zero-order chi connectivity index (χ0) is 12.4. The summed E-state index contributed by atoms with van der Waals surface area (Å²) < 4.78 is 8.00. The molecule has 1 aromatic heterocycles. The van der Waals surface area contributed by atoms with Crippen LogP contribution in [-0.2, 0) is 9.53 Å². The third kappa shape index (κ3) is 2.36. The van der Waals surface area contributed by atoms with E-state index in [1.807, 2.05) is 48.9 Å². The highest BCUT2D eigenvalue weighted by Crippen LogP contribution is 2.24. The lowest BCUT2D eigenvalue weighted by Gasteiger charge is -2.13. The minimum absolute atomic E-state index is 0.201. The zero-order valence-electron chi connectivity index (χ0n) is 9.81. The second-order valence-corrected chi connectivity index (χ2v) is 4.77. The minimum atomic E-state index is -0.298. The predicted octanol–water partition coefficient (Wildman–Crippen LogP) is 3.53. The van der Waals surface area contributed by atoms with E-state index >= 15 is 0 Å². The van der Waals surface area contributed by atoms with Gasteiger partial charge in [-0.05, 0) is 38.1 Å². The number of ether oxygens (including phenoxy) is 1. The highest BCUT2D eigenvalue weighted by atomic mass is 79.9. The first kappa shape index (κ1) is 12.2. The normalized spacial score (nSPS) is 12.6. The third-order valence-corrected chi connectivity index (χ3v) is 3.22. The van der Waals surface area contributed by atoms with Gasteiger partial charge in [0.1, 0.15) is 6.04 Å². The molecule has 0 aliphatic rings. The van der Waals surface area contributed by atoms with Crippen LogP contribution in [0.2, 0.25) is 0 Å². The molecule has 0 spiro atoms. The van der Waals surface area contributed by atoms with Gasteiger partial charge in [-0.25, -0.2) is 4.79 Å². The molecule has 2 rings (SSSR count).